The molecule has 2 saturated carbocycles. The van der Waals surface area contributed by atoms with Crippen LogP contribution in [-0.4, -0.2) is 5.11 Å². The standard InChI is InChI=1S/C26H26O/c1-24(2)19-13-14-25(24,3)26(27,15-19)21-12-10-18-8-7-16-5-4-6-17-9-11-20(21)23(18)22(16)17/h4-12,19,27H,13-15H2,1-3H3. The minimum Gasteiger partial charge on any atom is -0.385 e. The highest BCUT2D eigenvalue weighted by Crippen LogP contribution is 2.73. The molecule has 3 atom stereocenters. The Hall–Kier alpha value is -2.12. The van der Waals surface area contributed by atoms with Crippen molar-refractivity contribution in [2.75, 3.05) is 0 Å². The molecular formula is C26H26O. The molecule has 0 heterocycles. The van der Waals surface area contributed by atoms with Gasteiger partial charge in [-0.3, -0.25) is 0 Å². The second-order valence-corrected chi connectivity index (χ2v) is 9.82. The normalized spacial score (nSPS) is 32.2. The summed E-state index contributed by atoms with van der Waals surface area (Å²) in [6.45, 7) is 7.08. The lowest BCUT2D eigenvalue weighted by atomic mass is 9.62. The fourth-order valence-electron chi connectivity index (χ4n) is 6.78. The molecule has 4 aromatic rings. The van der Waals surface area contributed by atoms with Gasteiger partial charge in [0.25, 0.3) is 0 Å². The molecule has 2 aliphatic rings. The summed E-state index contributed by atoms with van der Waals surface area (Å²) in [6, 6.07) is 19.9. The van der Waals surface area contributed by atoms with E-state index in [-0.39, 0.29) is 10.8 Å². The molecule has 4 aromatic carbocycles. The van der Waals surface area contributed by atoms with Gasteiger partial charge in [-0.25, -0.2) is 0 Å². The van der Waals surface area contributed by atoms with Gasteiger partial charge < -0.3 is 5.11 Å². The minimum absolute atomic E-state index is 0.0758. The van der Waals surface area contributed by atoms with Crippen LogP contribution in [0.5, 0.6) is 0 Å². The van der Waals surface area contributed by atoms with Crippen molar-refractivity contribution in [3.05, 3.63) is 60.2 Å². The van der Waals surface area contributed by atoms with E-state index in [1.807, 2.05) is 0 Å². The molecule has 136 valence electrons. The molecule has 0 saturated heterocycles. The van der Waals surface area contributed by atoms with E-state index in [2.05, 4.69) is 75.4 Å². The molecule has 0 radical (unpaired) electrons. The monoisotopic (exact) mass is 354 g/mol. The predicted molar refractivity (Wildman–Crippen MR) is 113 cm³/mol. The van der Waals surface area contributed by atoms with Gasteiger partial charge >= 0.3 is 0 Å². The molecule has 0 spiro atoms. The maximum Gasteiger partial charge on any atom is 0.0963 e. The van der Waals surface area contributed by atoms with Crippen LogP contribution < -0.4 is 0 Å². The maximum absolute atomic E-state index is 12.2. The first-order valence-corrected chi connectivity index (χ1v) is 10.3. The first kappa shape index (κ1) is 15.9. The molecule has 6 rings (SSSR count). The Morgan fingerprint density at radius 1 is 0.815 bits per heavy atom. The molecule has 2 fully saturated rings. The van der Waals surface area contributed by atoms with E-state index < -0.39 is 5.60 Å². The Morgan fingerprint density at radius 3 is 2.07 bits per heavy atom. The number of hydrogen-bond acceptors (Lipinski definition) is 1. The lowest BCUT2D eigenvalue weighted by Gasteiger charge is -2.46. The second-order valence-electron chi connectivity index (χ2n) is 9.82. The Bertz CT molecular complexity index is 1200. The van der Waals surface area contributed by atoms with E-state index in [9.17, 15) is 5.11 Å². The van der Waals surface area contributed by atoms with Crippen LogP contribution >= 0.6 is 0 Å². The zero-order valence-corrected chi connectivity index (χ0v) is 16.3. The molecule has 3 unspecified atom stereocenters. The van der Waals surface area contributed by atoms with E-state index >= 15 is 0 Å². The summed E-state index contributed by atoms with van der Waals surface area (Å²) in [6.07, 6.45) is 3.25. The first-order chi connectivity index (χ1) is 12.9. The van der Waals surface area contributed by atoms with Gasteiger partial charge in [0.1, 0.15) is 0 Å². The molecule has 1 N–H and O–H groups in total. The van der Waals surface area contributed by atoms with Gasteiger partial charge in [0, 0.05) is 5.41 Å². The summed E-state index contributed by atoms with van der Waals surface area (Å²) in [5.41, 5.74) is 0.493. The number of fused-ring (bicyclic) bond motifs is 2. The van der Waals surface area contributed by atoms with Crippen LogP contribution in [0.15, 0.2) is 54.6 Å². The Morgan fingerprint density at radius 2 is 1.44 bits per heavy atom. The first-order valence-electron chi connectivity index (χ1n) is 10.3. The predicted octanol–water partition coefficient (Wildman–Crippen LogP) is 6.62. The molecule has 0 aliphatic heterocycles. The van der Waals surface area contributed by atoms with Crippen LogP contribution in [0.25, 0.3) is 32.3 Å². The average molecular weight is 354 g/mol. The van der Waals surface area contributed by atoms with Crippen LogP contribution in [-0.2, 0) is 5.60 Å². The maximum atomic E-state index is 12.2. The molecule has 27 heavy (non-hydrogen) atoms. The highest BCUT2D eigenvalue weighted by Gasteiger charge is 2.69. The van der Waals surface area contributed by atoms with Crippen molar-refractivity contribution >= 4 is 32.3 Å². The summed E-state index contributed by atoms with van der Waals surface area (Å²) < 4.78 is 0. The number of hydrogen-bond donors (Lipinski definition) is 1. The van der Waals surface area contributed by atoms with Crippen molar-refractivity contribution < 1.29 is 5.11 Å². The number of benzene rings is 4. The van der Waals surface area contributed by atoms with E-state index in [1.54, 1.807) is 0 Å². The molecule has 0 aromatic heterocycles. The third kappa shape index (κ3) is 1.62. The summed E-state index contributed by atoms with van der Waals surface area (Å²) in [5.74, 6) is 0.603. The van der Waals surface area contributed by atoms with E-state index in [1.165, 1.54) is 38.7 Å². The van der Waals surface area contributed by atoms with Crippen molar-refractivity contribution in [1.29, 1.82) is 0 Å². The number of aliphatic hydroxyl groups is 1. The van der Waals surface area contributed by atoms with Gasteiger partial charge in [0.15, 0.2) is 0 Å². The van der Waals surface area contributed by atoms with Crippen molar-refractivity contribution in [1.82, 2.24) is 0 Å². The van der Waals surface area contributed by atoms with Crippen LogP contribution in [0.1, 0.15) is 45.6 Å². The van der Waals surface area contributed by atoms with Gasteiger partial charge in [0.2, 0.25) is 0 Å². The molecular weight excluding hydrogens is 328 g/mol. The highest BCUT2D eigenvalue weighted by atomic mass is 16.3. The summed E-state index contributed by atoms with van der Waals surface area (Å²) >= 11 is 0. The Balaban J connectivity index is 1.73. The van der Waals surface area contributed by atoms with Gasteiger partial charge in [-0.15, -0.1) is 0 Å². The summed E-state index contributed by atoms with van der Waals surface area (Å²) in [7, 11) is 0. The Labute approximate surface area is 160 Å². The second kappa shape index (κ2) is 4.64. The van der Waals surface area contributed by atoms with Crippen molar-refractivity contribution in [3.63, 3.8) is 0 Å². The summed E-state index contributed by atoms with van der Waals surface area (Å²) in [5, 5.41) is 19.9. The van der Waals surface area contributed by atoms with Gasteiger partial charge in [0.05, 0.1) is 5.60 Å². The van der Waals surface area contributed by atoms with E-state index in [0.29, 0.717) is 5.92 Å². The van der Waals surface area contributed by atoms with Crippen LogP contribution in [0, 0.1) is 16.7 Å². The zero-order valence-electron chi connectivity index (χ0n) is 16.3. The van der Waals surface area contributed by atoms with E-state index in [0.717, 1.165) is 18.4 Å². The minimum atomic E-state index is -0.748. The van der Waals surface area contributed by atoms with E-state index in [4.69, 9.17) is 0 Å². The van der Waals surface area contributed by atoms with Gasteiger partial charge in [-0.1, -0.05) is 75.4 Å². The third-order valence-electron chi connectivity index (χ3n) is 8.86. The van der Waals surface area contributed by atoms with Crippen molar-refractivity contribution in [2.45, 2.75) is 45.6 Å². The molecule has 0 amide bonds. The third-order valence-corrected chi connectivity index (χ3v) is 8.86. The average Bonchev–Trinajstić information content (AvgIpc) is 2.98. The summed E-state index contributed by atoms with van der Waals surface area (Å²) in [4.78, 5) is 0. The zero-order chi connectivity index (χ0) is 18.6. The lowest BCUT2D eigenvalue weighted by Crippen LogP contribution is -2.44. The molecule has 2 aliphatic carbocycles. The fourth-order valence-corrected chi connectivity index (χ4v) is 6.78. The van der Waals surface area contributed by atoms with Crippen LogP contribution in [0.2, 0.25) is 0 Å². The molecule has 1 heteroatoms. The SMILES string of the molecule is CC1(C)C2CCC1(C)C(O)(c1ccc3ccc4cccc5ccc1c3c45)C2. The van der Waals surface area contributed by atoms with Crippen molar-refractivity contribution in [2.24, 2.45) is 16.7 Å². The fraction of sp³-hybridized carbons (Fsp3) is 0.385. The number of rotatable bonds is 1. The van der Waals surface area contributed by atoms with Crippen LogP contribution in [0.4, 0.5) is 0 Å². The van der Waals surface area contributed by atoms with Gasteiger partial charge in [-0.2, -0.15) is 0 Å². The molecule has 1 nitrogen and oxygen atoms in total. The highest BCUT2D eigenvalue weighted by molar-refractivity contribution is 6.23. The van der Waals surface area contributed by atoms with Gasteiger partial charge in [-0.05, 0) is 68.5 Å². The Kier molecular flexibility index (Phi) is 2.73. The largest absolute Gasteiger partial charge is 0.385 e. The quantitative estimate of drug-likeness (QED) is 0.381. The smallest absolute Gasteiger partial charge is 0.0963 e. The van der Waals surface area contributed by atoms with Crippen LogP contribution in [0.3, 0.4) is 0 Å². The lowest BCUT2D eigenvalue weighted by molar-refractivity contribution is -0.0946. The topological polar surface area (TPSA) is 20.2 Å². The van der Waals surface area contributed by atoms with Crippen molar-refractivity contribution in [3.8, 4) is 0 Å². The molecule has 2 bridgehead atoms.